The van der Waals surface area contributed by atoms with E-state index in [1.54, 1.807) is 7.11 Å². The molecule has 6 nitrogen and oxygen atoms in total. The van der Waals surface area contributed by atoms with Crippen molar-refractivity contribution in [3.05, 3.63) is 0 Å². The number of likely N-dealkylation sites (N-methyl/N-ethyl adjacent to an activating group) is 1. The number of nitrogens with zero attached hydrogens (tertiary/aromatic N) is 2. The molecule has 2 aliphatic rings. The Morgan fingerprint density at radius 1 is 1.38 bits per heavy atom. The summed E-state index contributed by atoms with van der Waals surface area (Å²) >= 11 is 0. The number of fused-ring (bicyclic) bond motifs is 2. The van der Waals surface area contributed by atoms with Gasteiger partial charge in [0.2, 0.25) is 0 Å². The van der Waals surface area contributed by atoms with Gasteiger partial charge < -0.3 is 25.0 Å². The molecule has 2 saturated heterocycles. The Morgan fingerprint density at radius 2 is 2.24 bits per heavy atom. The van der Waals surface area contributed by atoms with Gasteiger partial charge in [0.05, 0.1) is 31.4 Å². The highest BCUT2D eigenvalue weighted by atomic mass is 16.5. The molecule has 2 fully saturated rings. The lowest BCUT2D eigenvalue weighted by atomic mass is 9.96. The van der Waals surface area contributed by atoms with Crippen LogP contribution < -0.4 is 10.6 Å². The van der Waals surface area contributed by atoms with E-state index < -0.39 is 0 Å². The molecule has 0 amide bonds. The van der Waals surface area contributed by atoms with E-state index in [4.69, 9.17) is 9.47 Å². The van der Waals surface area contributed by atoms with Crippen LogP contribution in [0.4, 0.5) is 0 Å². The van der Waals surface area contributed by atoms with Gasteiger partial charge in [-0.3, -0.25) is 4.99 Å². The van der Waals surface area contributed by atoms with Gasteiger partial charge in [-0.15, -0.1) is 0 Å². The molecular weight excluding hydrogens is 268 g/mol. The zero-order valence-electron chi connectivity index (χ0n) is 13.6. The first-order valence-corrected chi connectivity index (χ1v) is 8.10. The van der Waals surface area contributed by atoms with Crippen molar-refractivity contribution < 1.29 is 9.47 Å². The highest BCUT2D eigenvalue weighted by Crippen LogP contribution is 2.34. The molecular formula is C15H30N4O2. The summed E-state index contributed by atoms with van der Waals surface area (Å²) in [6, 6.07) is 0.424. The van der Waals surface area contributed by atoms with E-state index in [1.807, 2.05) is 0 Å². The molecule has 0 radical (unpaired) electrons. The summed E-state index contributed by atoms with van der Waals surface area (Å²) < 4.78 is 11.0. The first-order chi connectivity index (χ1) is 10.2. The van der Waals surface area contributed by atoms with Crippen LogP contribution in [0.5, 0.6) is 0 Å². The average Bonchev–Trinajstić information content (AvgIpc) is 3.07. The number of methoxy groups -OCH3 is 1. The van der Waals surface area contributed by atoms with Crippen LogP contribution in [0.2, 0.25) is 0 Å². The molecule has 0 spiro atoms. The number of rotatable bonds is 8. The minimum absolute atomic E-state index is 0.378. The summed E-state index contributed by atoms with van der Waals surface area (Å²) in [5.74, 6) is 0.916. The predicted octanol–water partition coefficient (Wildman–Crippen LogP) is 0.440. The van der Waals surface area contributed by atoms with E-state index in [2.05, 4.69) is 34.5 Å². The maximum Gasteiger partial charge on any atom is 0.191 e. The third-order valence-corrected chi connectivity index (χ3v) is 4.20. The van der Waals surface area contributed by atoms with Crippen molar-refractivity contribution >= 4 is 5.96 Å². The number of hydrogen-bond acceptors (Lipinski definition) is 4. The standard InChI is InChI=1S/C15H30N4O2/c1-4-16-15(17-7-8-19(2)9-10-20-3)18-13-11-12-5-6-14(13)21-12/h12-14H,4-11H2,1-3H3,(H2,16,17,18). The summed E-state index contributed by atoms with van der Waals surface area (Å²) in [5, 5.41) is 6.86. The van der Waals surface area contributed by atoms with Crippen LogP contribution in [0.1, 0.15) is 26.2 Å². The first-order valence-electron chi connectivity index (χ1n) is 8.10. The lowest BCUT2D eigenvalue weighted by Gasteiger charge is -2.23. The molecule has 0 aliphatic carbocycles. The lowest BCUT2D eigenvalue weighted by molar-refractivity contribution is 0.0992. The normalized spacial score (nSPS) is 28.4. The molecule has 0 aromatic carbocycles. The fourth-order valence-corrected chi connectivity index (χ4v) is 2.98. The topological polar surface area (TPSA) is 58.1 Å². The number of nitrogens with one attached hydrogen (secondary N) is 2. The quantitative estimate of drug-likeness (QED) is 0.503. The highest BCUT2D eigenvalue weighted by Gasteiger charge is 2.41. The zero-order chi connectivity index (χ0) is 15.1. The SMILES string of the molecule is CCNC(=NCCN(C)CCOC)NC1CC2CCC1O2. The largest absolute Gasteiger partial charge is 0.383 e. The van der Waals surface area contributed by atoms with Gasteiger partial charge >= 0.3 is 0 Å². The molecule has 0 aromatic heterocycles. The molecule has 6 heteroatoms. The molecule has 2 heterocycles. The number of aliphatic imine (C=N–C) groups is 1. The molecule has 0 aromatic rings. The average molecular weight is 298 g/mol. The van der Waals surface area contributed by atoms with Crippen LogP contribution >= 0.6 is 0 Å². The van der Waals surface area contributed by atoms with E-state index in [1.165, 1.54) is 12.8 Å². The molecule has 21 heavy (non-hydrogen) atoms. The van der Waals surface area contributed by atoms with E-state index >= 15 is 0 Å². The van der Waals surface area contributed by atoms with E-state index in [9.17, 15) is 0 Å². The molecule has 3 unspecified atom stereocenters. The number of hydrogen-bond donors (Lipinski definition) is 2. The van der Waals surface area contributed by atoms with Gasteiger partial charge in [0.15, 0.2) is 5.96 Å². The van der Waals surface area contributed by atoms with Crippen LogP contribution in [-0.2, 0) is 9.47 Å². The molecule has 2 aliphatic heterocycles. The van der Waals surface area contributed by atoms with Crippen molar-refractivity contribution in [2.24, 2.45) is 4.99 Å². The van der Waals surface area contributed by atoms with Crippen molar-refractivity contribution in [1.82, 2.24) is 15.5 Å². The molecule has 0 saturated carbocycles. The molecule has 2 rings (SSSR count). The fourth-order valence-electron chi connectivity index (χ4n) is 2.98. The second-order valence-corrected chi connectivity index (χ2v) is 5.92. The minimum Gasteiger partial charge on any atom is -0.383 e. The van der Waals surface area contributed by atoms with Gasteiger partial charge in [0.25, 0.3) is 0 Å². The summed E-state index contributed by atoms with van der Waals surface area (Å²) in [7, 11) is 3.83. The van der Waals surface area contributed by atoms with Crippen LogP contribution in [0.25, 0.3) is 0 Å². The Morgan fingerprint density at radius 3 is 2.86 bits per heavy atom. The minimum atomic E-state index is 0.378. The van der Waals surface area contributed by atoms with Crippen LogP contribution in [0.15, 0.2) is 4.99 Å². The summed E-state index contributed by atoms with van der Waals surface area (Å²) in [4.78, 5) is 6.90. The maximum atomic E-state index is 5.88. The van der Waals surface area contributed by atoms with E-state index in [0.29, 0.717) is 18.2 Å². The highest BCUT2D eigenvalue weighted by molar-refractivity contribution is 5.80. The second kappa shape index (κ2) is 8.56. The van der Waals surface area contributed by atoms with Gasteiger partial charge in [-0.05, 0) is 33.2 Å². The van der Waals surface area contributed by atoms with Crippen molar-refractivity contribution in [1.29, 1.82) is 0 Å². The van der Waals surface area contributed by atoms with Crippen molar-refractivity contribution in [2.45, 2.75) is 44.4 Å². The fraction of sp³-hybridized carbons (Fsp3) is 0.933. The Balaban J connectivity index is 1.74. The first kappa shape index (κ1) is 16.5. The van der Waals surface area contributed by atoms with Crippen LogP contribution in [0.3, 0.4) is 0 Å². The van der Waals surface area contributed by atoms with Crippen LogP contribution in [0, 0.1) is 0 Å². The summed E-state index contributed by atoms with van der Waals surface area (Å²) in [5.41, 5.74) is 0. The van der Waals surface area contributed by atoms with Gasteiger partial charge in [-0.1, -0.05) is 0 Å². The monoisotopic (exact) mass is 298 g/mol. The van der Waals surface area contributed by atoms with E-state index in [0.717, 1.165) is 45.2 Å². The zero-order valence-corrected chi connectivity index (χ0v) is 13.6. The second-order valence-electron chi connectivity index (χ2n) is 5.92. The summed E-state index contributed by atoms with van der Waals surface area (Å²) in [6.07, 6.45) is 4.37. The van der Waals surface area contributed by atoms with Gasteiger partial charge in [-0.25, -0.2) is 0 Å². The van der Waals surface area contributed by atoms with Gasteiger partial charge in [0.1, 0.15) is 0 Å². The smallest absolute Gasteiger partial charge is 0.191 e. The van der Waals surface area contributed by atoms with Crippen molar-refractivity contribution in [3.63, 3.8) is 0 Å². The number of ether oxygens (including phenoxy) is 2. The van der Waals surface area contributed by atoms with Crippen molar-refractivity contribution in [3.8, 4) is 0 Å². The van der Waals surface area contributed by atoms with Crippen LogP contribution in [-0.4, -0.2) is 76.1 Å². The molecule has 2 N–H and O–H groups in total. The Labute approximate surface area is 128 Å². The third-order valence-electron chi connectivity index (χ3n) is 4.20. The van der Waals surface area contributed by atoms with Gasteiger partial charge in [-0.2, -0.15) is 0 Å². The summed E-state index contributed by atoms with van der Waals surface area (Å²) in [6.45, 7) is 6.41. The van der Waals surface area contributed by atoms with Crippen molar-refractivity contribution in [2.75, 3.05) is 46.9 Å². The third kappa shape index (κ3) is 5.13. The maximum absolute atomic E-state index is 5.88. The predicted molar refractivity (Wildman–Crippen MR) is 84.8 cm³/mol. The Hall–Kier alpha value is -0.850. The van der Waals surface area contributed by atoms with E-state index in [-0.39, 0.29) is 0 Å². The Kier molecular flexibility index (Phi) is 6.73. The lowest BCUT2D eigenvalue weighted by Crippen LogP contribution is -2.47. The molecule has 2 bridgehead atoms. The molecule has 122 valence electrons. The Bertz CT molecular complexity index is 338. The number of guanidine groups is 1. The van der Waals surface area contributed by atoms with Gasteiger partial charge in [0, 0.05) is 26.7 Å². The molecule has 3 atom stereocenters.